The molecule has 0 saturated heterocycles. The fourth-order valence-electron chi connectivity index (χ4n) is 1.65. The van der Waals surface area contributed by atoms with Gasteiger partial charge in [0.2, 0.25) is 0 Å². The van der Waals surface area contributed by atoms with Crippen molar-refractivity contribution in [1.29, 1.82) is 0 Å². The van der Waals surface area contributed by atoms with E-state index in [1.54, 1.807) is 0 Å². The van der Waals surface area contributed by atoms with Crippen molar-refractivity contribution in [2.24, 2.45) is 0 Å². The van der Waals surface area contributed by atoms with E-state index in [-0.39, 0.29) is 0 Å². The average Bonchev–Trinajstić information content (AvgIpc) is 2.72. The molecule has 13 nitrogen and oxygen atoms in total. The Kier molecular flexibility index (Phi) is 5.91. The van der Waals surface area contributed by atoms with Gasteiger partial charge in [0.25, 0.3) is 0 Å². The normalized spacial score (nSPS) is 24.9. The first-order valence-electron chi connectivity index (χ1n) is 5.74. The molecule has 0 spiro atoms. The molecule has 0 aromatic heterocycles. The summed E-state index contributed by atoms with van der Waals surface area (Å²) in [5.74, 6) is -2.17. The van der Waals surface area contributed by atoms with Crippen LogP contribution in [0.2, 0.25) is 0 Å². The molecular weight excluding hydrogens is 381 g/mol. The van der Waals surface area contributed by atoms with E-state index < -0.39 is 53.5 Å². The van der Waals surface area contributed by atoms with Gasteiger partial charge in [-0.15, -0.1) is 0 Å². The van der Waals surface area contributed by atoms with E-state index in [0.29, 0.717) is 0 Å². The molecule has 1 heterocycles. The number of β-amino-alcohol motifs (C(OH)–C–C–N with tert-alkyl or cyclic N) is 2. The number of rotatable bonds is 7. The summed E-state index contributed by atoms with van der Waals surface area (Å²) in [6.45, 7) is -2.42. The zero-order chi connectivity index (χ0) is 18.3. The summed E-state index contributed by atoms with van der Waals surface area (Å²) in [6.07, 6.45) is 2.06. The number of hydrogen-bond acceptors (Lipinski definition) is 11. The van der Waals surface area contributed by atoms with Crippen LogP contribution in [0, 0.1) is 0 Å². The summed E-state index contributed by atoms with van der Waals surface area (Å²) >= 11 is 0. The summed E-state index contributed by atoms with van der Waals surface area (Å²) in [5.41, 5.74) is 0. The first kappa shape index (κ1) is 20.8. The SMILES string of the molecule is O=P([O-])(O)C(O)CN1C=CN(CC(O)(P(=O)([O-])[O-])P(=O)([O-])O)C1. The Labute approximate surface area is 129 Å². The predicted octanol–water partition coefficient (Wildman–Crippen LogP) is -5.00. The quantitative estimate of drug-likeness (QED) is 0.297. The maximum absolute atomic E-state index is 11.0. The van der Waals surface area contributed by atoms with Crippen LogP contribution in [0.5, 0.6) is 0 Å². The fourth-order valence-corrected chi connectivity index (χ4v) is 4.02. The Morgan fingerprint density at radius 2 is 1.57 bits per heavy atom. The van der Waals surface area contributed by atoms with Crippen molar-refractivity contribution < 1.29 is 53.3 Å². The Balaban J connectivity index is 2.81. The van der Waals surface area contributed by atoms with Gasteiger partial charge in [-0.1, -0.05) is 0 Å². The summed E-state index contributed by atoms with van der Waals surface area (Å²) in [7, 11) is -17.2. The van der Waals surface area contributed by atoms with Crippen molar-refractivity contribution >= 4 is 22.8 Å². The molecule has 4 atom stereocenters. The van der Waals surface area contributed by atoms with E-state index in [1.165, 1.54) is 0 Å². The molecule has 1 aliphatic heterocycles. The van der Waals surface area contributed by atoms with E-state index in [1.807, 2.05) is 0 Å². The Hall–Kier alpha value is -0.290. The summed E-state index contributed by atoms with van der Waals surface area (Å²) in [4.78, 5) is 62.8. The molecule has 0 bridgehead atoms. The Bertz CT molecular complexity index is 583. The molecule has 4 N–H and O–H groups in total. The first-order valence-corrected chi connectivity index (χ1v) is 10.5. The van der Waals surface area contributed by atoms with Crippen molar-refractivity contribution in [3.05, 3.63) is 12.4 Å². The molecule has 0 aliphatic carbocycles. The van der Waals surface area contributed by atoms with Gasteiger partial charge in [0.15, 0.2) is 20.3 Å². The number of aliphatic hydroxyl groups excluding tert-OH is 1. The van der Waals surface area contributed by atoms with E-state index in [0.717, 1.165) is 22.2 Å². The van der Waals surface area contributed by atoms with Gasteiger partial charge in [-0.2, -0.15) is 0 Å². The van der Waals surface area contributed by atoms with Gasteiger partial charge >= 0.3 is 0 Å². The van der Waals surface area contributed by atoms with Gasteiger partial charge < -0.3 is 63.1 Å². The molecule has 23 heavy (non-hydrogen) atoms. The highest BCUT2D eigenvalue weighted by Crippen LogP contribution is 2.61. The van der Waals surface area contributed by atoms with Crippen molar-refractivity contribution in [3.63, 3.8) is 0 Å². The molecule has 0 aromatic rings. The lowest BCUT2D eigenvalue weighted by atomic mass is 10.6. The monoisotopic (exact) mass is 394 g/mol. The summed E-state index contributed by atoms with van der Waals surface area (Å²) < 4.78 is 32.7. The molecule has 136 valence electrons. The van der Waals surface area contributed by atoms with Crippen LogP contribution in [0.1, 0.15) is 0 Å². The molecular formula is C7H13N2O11P3-4. The second-order valence-corrected chi connectivity index (χ2v) is 10.4. The van der Waals surface area contributed by atoms with E-state index in [4.69, 9.17) is 9.79 Å². The standard InChI is InChI=1S/C7H17N2O11P3/c10-6(21(12,13)14)3-8-1-2-9(5-8)4-7(11,22(15,16)17)23(18,19)20/h1-2,6,10-11H,3-5H2,(H2,12,13,14)(H2,15,16,17)(H2,18,19,20)/p-4. The predicted molar refractivity (Wildman–Crippen MR) is 65.6 cm³/mol. The minimum atomic E-state index is -6.18. The molecule has 1 rings (SSSR count). The molecule has 1 aliphatic rings. The van der Waals surface area contributed by atoms with Crippen molar-refractivity contribution in [1.82, 2.24) is 9.80 Å². The van der Waals surface area contributed by atoms with Crippen molar-refractivity contribution in [2.45, 2.75) is 10.9 Å². The maximum atomic E-state index is 11.0. The smallest absolute Gasteiger partial charge is 0.171 e. The van der Waals surface area contributed by atoms with Crippen molar-refractivity contribution in [3.8, 4) is 0 Å². The zero-order valence-electron chi connectivity index (χ0n) is 11.2. The highest BCUT2D eigenvalue weighted by Gasteiger charge is 2.43. The zero-order valence-corrected chi connectivity index (χ0v) is 13.9. The summed E-state index contributed by atoms with van der Waals surface area (Å²) in [5, 5.41) is 14.7. The van der Waals surface area contributed by atoms with Gasteiger partial charge in [0.05, 0.1) is 19.8 Å². The molecule has 16 heteroatoms. The molecule has 0 radical (unpaired) electrons. The van der Waals surface area contributed by atoms with Gasteiger partial charge in [-0.25, -0.2) is 0 Å². The van der Waals surface area contributed by atoms with Crippen LogP contribution in [0.4, 0.5) is 0 Å². The third-order valence-electron chi connectivity index (χ3n) is 2.93. The van der Waals surface area contributed by atoms with Crippen LogP contribution in [0.25, 0.3) is 0 Å². The topological polar surface area (TPSA) is 231 Å². The van der Waals surface area contributed by atoms with E-state index in [2.05, 4.69) is 0 Å². The van der Waals surface area contributed by atoms with Crippen molar-refractivity contribution in [2.75, 3.05) is 19.8 Å². The van der Waals surface area contributed by atoms with Gasteiger partial charge in [-0.05, 0) is 7.60 Å². The van der Waals surface area contributed by atoms with Gasteiger partial charge in [0.1, 0.15) is 5.85 Å². The van der Waals surface area contributed by atoms with Gasteiger partial charge in [-0.3, -0.25) is 0 Å². The van der Waals surface area contributed by atoms with Gasteiger partial charge in [0, 0.05) is 12.4 Å². The van der Waals surface area contributed by atoms with Crippen LogP contribution in [0.3, 0.4) is 0 Å². The van der Waals surface area contributed by atoms with Crippen LogP contribution in [0.15, 0.2) is 12.4 Å². The van der Waals surface area contributed by atoms with Crippen LogP contribution in [-0.4, -0.2) is 60.5 Å². The van der Waals surface area contributed by atoms with E-state index in [9.17, 15) is 43.5 Å². The summed E-state index contributed by atoms with van der Waals surface area (Å²) in [6, 6.07) is 0. The van der Waals surface area contributed by atoms with Crippen LogP contribution in [-0.2, 0) is 13.7 Å². The molecule has 0 saturated carbocycles. The first-order chi connectivity index (χ1) is 10.1. The third kappa shape index (κ3) is 4.85. The Morgan fingerprint density at radius 3 is 1.96 bits per heavy atom. The number of aliphatic hydroxyl groups is 2. The van der Waals surface area contributed by atoms with E-state index >= 15 is 0 Å². The molecule has 0 amide bonds. The van der Waals surface area contributed by atoms with Crippen LogP contribution >= 0.6 is 22.8 Å². The third-order valence-corrected chi connectivity index (χ3v) is 7.41. The highest BCUT2D eigenvalue weighted by atomic mass is 31.2. The lowest BCUT2D eigenvalue weighted by molar-refractivity contribution is -0.328. The highest BCUT2D eigenvalue weighted by molar-refractivity contribution is 7.70. The maximum Gasteiger partial charge on any atom is 0.171 e. The number of nitrogens with zero attached hydrogens (tertiary/aromatic N) is 2. The molecule has 0 fully saturated rings. The second kappa shape index (κ2) is 6.55. The average molecular weight is 394 g/mol. The minimum absolute atomic E-state index is 0.431. The molecule has 0 aromatic carbocycles. The Morgan fingerprint density at radius 1 is 1.09 bits per heavy atom. The molecule has 4 unspecified atom stereocenters. The lowest BCUT2D eigenvalue weighted by Crippen LogP contribution is -2.49. The largest absolute Gasteiger partial charge is 0.808 e. The fraction of sp³-hybridized carbons (Fsp3) is 0.714. The number of hydrogen-bond donors (Lipinski definition) is 4. The lowest BCUT2D eigenvalue weighted by Gasteiger charge is -2.50. The van der Waals surface area contributed by atoms with Crippen LogP contribution < -0.4 is 19.6 Å². The second-order valence-electron chi connectivity index (χ2n) is 4.79. The minimum Gasteiger partial charge on any atom is -0.808 e.